The monoisotopic (exact) mass is 438 g/mol. The number of carbonyl (C=O) groups is 1. The second-order valence-electron chi connectivity index (χ2n) is 7.78. The maximum Gasteiger partial charge on any atom is 0.287 e. The summed E-state index contributed by atoms with van der Waals surface area (Å²) in [7, 11) is -3.57. The highest BCUT2D eigenvalue weighted by Gasteiger charge is 2.22. The number of likely N-dealkylation sites (tertiary alicyclic amines) is 1. The van der Waals surface area contributed by atoms with Gasteiger partial charge in [0.15, 0.2) is 15.6 Å². The van der Waals surface area contributed by atoms with Gasteiger partial charge in [0.1, 0.15) is 0 Å². The molecule has 2 heterocycles. The zero-order valence-electron chi connectivity index (χ0n) is 17.3. The molecule has 0 unspecified atom stereocenters. The Morgan fingerprint density at radius 3 is 2.32 bits per heavy atom. The molecule has 1 aliphatic heterocycles. The number of sulfone groups is 1. The summed E-state index contributed by atoms with van der Waals surface area (Å²) in [5.41, 5.74) is 2.59. The summed E-state index contributed by atoms with van der Waals surface area (Å²) in [5.74, 6) is -0.669. The lowest BCUT2D eigenvalue weighted by atomic mass is 10.1. The van der Waals surface area contributed by atoms with Crippen molar-refractivity contribution in [3.63, 3.8) is 0 Å². The van der Waals surface area contributed by atoms with E-state index in [4.69, 9.17) is 4.42 Å². The van der Waals surface area contributed by atoms with Crippen LogP contribution in [0.3, 0.4) is 0 Å². The topological polar surface area (TPSA) is 79.6 Å². The molecule has 0 spiro atoms. The van der Waals surface area contributed by atoms with E-state index < -0.39 is 15.7 Å². The molecule has 1 aromatic heterocycles. The first-order chi connectivity index (χ1) is 15.0. The van der Waals surface area contributed by atoms with Gasteiger partial charge in [-0.25, -0.2) is 8.42 Å². The number of carbonyl (C=O) groups excluding carboxylic acids is 1. The number of amides is 1. The SMILES string of the molecule is O=C(NCc1ccccc1CN1CCCC1)c1occc1CS(=O)(=O)c1ccccc1. The van der Waals surface area contributed by atoms with Crippen molar-refractivity contribution >= 4 is 15.7 Å². The second kappa shape index (κ2) is 9.49. The Morgan fingerprint density at radius 1 is 0.903 bits per heavy atom. The molecule has 7 heteroatoms. The lowest BCUT2D eigenvalue weighted by molar-refractivity contribution is 0.0922. The molecule has 1 aliphatic rings. The Bertz CT molecular complexity index is 1130. The maximum absolute atomic E-state index is 12.8. The van der Waals surface area contributed by atoms with E-state index in [0.717, 1.165) is 25.2 Å². The number of nitrogens with zero attached hydrogens (tertiary/aromatic N) is 1. The third-order valence-electron chi connectivity index (χ3n) is 5.55. The molecule has 1 saturated heterocycles. The molecule has 0 atom stereocenters. The normalized spacial score (nSPS) is 14.6. The van der Waals surface area contributed by atoms with Crippen LogP contribution < -0.4 is 5.32 Å². The van der Waals surface area contributed by atoms with Crippen LogP contribution in [-0.2, 0) is 28.7 Å². The van der Waals surface area contributed by atoms with E-state index in [-0.39, 0.29) is 16.4 Å². The van der Waals surface area contributed by atoms with Crippen LogP contribution in [-0.4, -0.2) is 32.3 Å². The number of hydrogen-bond acceptors (Lipinski definition) is 5. The van der Waals surface area contributed by atoms with E-state index in [2.05, 4.69) is 16.3 Å². The average molecular weight is 439 g/mol. The first-order valence-corrected chi connectivity index (χ1v) is 12.1. The van der Waals surface area contributed by atoms with Crippen LogP contribution in [0, 0.1) is 0 Å². The minimum atomic E-state index is -3.57. The third kappa shape index (κ3) is 5.24. The molecule has 1 amide bonds. The highest BCUT2D eigenvalue weighted by molar-refractivity contribution is 7.90. The van der Waals surface area contributed by atoms with Crippen LogP contribution in [0.2, 0.25) is 0 Å². The fraction of sp³-hybridized carbons (Fsp3) is 0.292. The van der Waals surface area contributed by atoms with Crippen molar-refractivity contribution in [1.29, 1.82) is 0 Å². The summed E-state index contributed by atoms with van der Waals surface area (Å²) < 4.78 is 30.7. The van der Waals surface area contributed by atoms with E-state index in [0.29, 0.717) is 12.1 Å². The summed E-state index contributed by atoms with van der Waals surface area (Å²) in [6, 6.07) is 17.8. The summed E-state index contributed by atoms with van der Waals surface area (Å²) in [5, 5.41) is 2.89. The van der Waals surface area contributed by atoms with Crippen molar-refractivity contribution in [3.8, 4) is 0 Å². The summed E-state index contributed by atoms with van der Waals surface area (Å²) in [6.45, 7) is 3.43. The van der Waals surface area contributed by atoms with Gasteiger partial charge in [-0.2, -0.15) is 0 Å². The Balaban J connectivity index is 1.43. The van der Waals surface area contributed by atoms with Gasteiger partial charge in [0, 0.05) is 18.7 Å². The summed E-state index contributed by atoms with van der Waals surface area (Å²) >= 11 is 0. The smallest absolute Gasteiger partial charge is 0.287 e. The minimum absolute atomic E-state index is 0.0385. The first kappa shape index (κ1) is 21.3. The third-order valence-corrected chi connectivity index (χ3v) is 7.23. The summed E-state index contributed by atoms with van der Waals surface area (Å²) in [4.78, 5) is 15.4. The van der Waals surface area contributed by atoms with Crippen LogP contribution >= 0.6 is 0 Å². The number of rotatable bonds is 8. The van der Waals surface area contributed by atoms with Gasteiger partial charge in [-0.1, -0.05) is 42.5 Å². The Kier molecular flexibility index (Phi) is 6.53. The van der Waals surface area contributed by atoms with Crippen LogP contribution in [0.25, 0.3) is 0 Å². The first-order valence-electron chi connectivity index (χ1n) is 10.4. The largest absolute Gasteiger partial charge is 0.459 e. The molecule has 1 N–H and O–H groups in total. The molecule has 4 rings (SSSR count). The lowest BCUT2D eigenvalue weighted by Crippen LogP contribution is -2.25. The van der Waals surface area contributed by atoms with Crippen molar-refractivity contribution in [2.75, 3.05) is 13.1 Å². The zero-order valence-corrected chi connectivity index (χ0v) is 18.1. The fourth-order valence-corrected chi connectivity index (χ4v) is 5.26. The molecule has 2 aromatic carbocycles. The molecular formula is C24H26N2O4S. The lowest BCUT2D eigenvalue weighted by Gasteiger charge is -2.17. The molecule has 0 saturated carbocycles. The molecule has 162 valence electrons. The molecule has 0 bridgehead atoms. The zero-order chi connectivity index (χ0) is 21.7. The van der Waals surface area contributed by atoms with Gasteiger partial charge < -0.3 is 9.73 Å². The van der Waals surface area contributed by atoms with Crippen molar-refractivity contribution in [2.45, 2.75) is 36.6 Å². The van der Waals surface area contributed by atoms with E-state index >= 15 is 0 Å². The molecule has 6 nitrogen and oxygen atoms in total. The Morgan fingerprint density at radius 2 is 1.58 bits per heavy atom. The van der Waals surface area contributed by atoms with Crippen molar-refractivity contribution in [3.05, 3.63) is 89.4 Å². The predicted octanol–water partition coefficient (Wildman–Crippen LogP) is 3.78. The summed E-state index contributed by atoms with van der Waals surface area (Å²) in [6.07, 6.45) is 3.81. The van der Waals surface area contributed by atoms with Crippen molar-refractivity contribution < 1.29 is 17.6 Å². The van der Waals surface area contributed by atoms with Crippen LogP contribution in [0.5, 0.6) is 0 Å². The van der Waals surface area contributed by atoms with Gasteiger partial charge in [-0.3, -0.25) is 9.69 Å². The van der Waals surface area contributed by atoms with E-state index in [1.54, 1.807) is 30.3 Å². The number of benzene rings is 2. The number of furan rings is 1. The van der Waals surface area contributed by atoms with Gasteiger partial charge in [0.2, 0.25) is 0 Å². The Hall–Kier alpha value is -2.90. The van der Waals surface area contributed by atoms with Crippen LogP contribution in [0.4, 0.5) is 0 Å². The highest BCUT2D eigenvalue weighted by Crippen LogP contribution is 2.21. The van der Waals surface area contributed by atoms with Gasteiger partial charge in [-0.05, 0) is 55.3 Å². The van der Waals surface area contributed by atoms with Crippen molar-refractivity contribution in [1.82, 2.24) is 10.2 Å². The standard InChI is InChI=1S/C24H26N2O4S/c27-24(25-16-19-8-4-5-9-20(19)17-26-13-6-7-14-26)23-21(12-15-30-23)18-31(28,29)22-10-2-1-3-11-22/h1-5,8-12,15H,6-7,13-14,16-18H2,(H,25,27). The maximum atomic E-state index is 12.8. The van der Waals surface area contributed by atoms with Gasteiger partial charge in [0.25, 0.3) is 5.91 Å². The average Bonchev–Trinajstić information content (AvgIpc) is 3.45. The molecule has 31 heavy (non-hydrogen) atoms. The van der Waals surface area contributed by atoms with Gasteiger partial charge >= 0.3 is 0 Å². The molecule has 3 aromatic rings. The van der Waals surface area contributed by atoms with Crippen LogP contribution in [0.15, 0.2) is 76.2 Å². The number of hydrogen-bond donors (Lipinski definition) is 1. The predicted molar refractivity (Wildman–Crippen MR) is 118 cm³/mol. The van der Waals surface area contributed by atoms with Gasteiger partial charge in [0.05, 0.1) is 16.9 Å². The molecular weight excluding hydrogens is 412 g/mol. The fourth-order valence-electron chi connectivity index (χ4n) is 3.89. The molecule has 0 radical (unpaired) electrons. The second-order valence-corrected chi connectivity index (χ2v) is 9.77. The Labute approximate surface area is 182 Å². The van der Waals surface area contributed by atoms with E-state index in [1.807, 2.05) is 18.2 Å². The van der Waals surface area contributed by atoms with Crippen LogP contribution in [0.1, 0.15) is 40.1 Å². The molecule has 0 aliphatic carbocycles. The molecule has 1 fully saturated rings. The van der Waals surface area contributed by atoms with Gasteiger partial charge in [-0.15, -0.1) is 0 Å². The van der Waals surface area contributed by atoms with E-state index in [1.165, 1.54) is 30.7 Å². The highest BCUT2D eigenvalue weighted by atomic mass is 32.2. The van der Waals surface area contributed by atoms with E-state index in [9.17, 15) is 13.2 Å². The quantitative estimate of drug-likeness (QED) is 0.579. The number of nitrogens with one attached hydrogen (secondary N) is 1. The minimum Gasteiger partial charge on any atom is -0.459 e. The van der Waals surface area contributed by atoms with Crippen molar-refractivity contribution in [2.24, 2.45) is 0 Å².